The lowest BCUT2D eigenvalue weighted by atomic mass is 10.2. The second kappa shape index (κ2) is 4.07. The van der Waals surface area contributed by atoms with Crippen molar-refractivity contribution in [3.63, 3.8) is 0 Å². The maximum atomic E-state index is 3.62. The average Bonchev–Trinajstić information content (AvgIpc) is 2.46. The van der Waals surface area contributed by atoms with E-state index < -0.39 is 0 Å². The highest BCUT2D eigenvalue weighted by molar-refractivity contribution is 4.84. The van der Waals surface area contributed by atoms with Crippen LogP contribution in [0, 0.1) is 0 Å². The normalized spacial score (nSPS) is 33.0. The molecule has 66 valence electrons. The molecule has 2 nitrogen and oxygen atoms in total. The Morgan fingerprint density at radius 2 is 2.00 bits per heavy atom. The van der Waals surface area contributed by atoms with Crippen molar-refractivity contribution < 1.29 is 0 Å². The zero-order valence-corrected chi connectivity index (χ0v) is 7.93. The summed E-state index contributed by atoms with van der Waals surface area (Å²) in [4.78, 5) is 2.52. The van der Waals surface area contributed by atoms with E-state index in [4.69, 9.17) is 0 Å². The van der Waals surface area contributed by atoms with E-state index in [0.717, 1.165) is 6.04 Å². The summed E-state index contributed by atoms with van der Waals surface area (Å²) < 4.78 is 0. The maximum absolute atomic E-state index is 3.62. The SMILES string of the molecule is CCC1CN(CC)C(CC)N1. The van der Waals surface area contributed by atoms with Crippen LogP contribution >= 0.6 is 0 Å². The van der Waals surface area contributed by atoms with Crippen molar-refractivity contribution in [3.8, 4) is 0 Å². The van der Waals surface area contributed by atoms with Crippen molar-refractivity contribution in [1.82, 2.24) is 10.2 Å². The molecule has 0 aromatic carbocycles. The van der Waals surface area contributed by atoms with Crippen LogP contribution in [0.4, 0.5) is 0 Å². The summed E-state index contributed by atoms with van der Waals surface area (Å²) in [6.45, 7) is 9.16. The summed E-state index contributed by atoms with van der Waals surface area (Å²) in [5.41, 5.74) is 0. The molecule has 0 radical (unpaired) electrons. The van der Waals surface area contributed by atoms with Crippen molar-refractivity contribution >= 4 is 0 Å². The van der Waals surface area contributed by atoms with E-state index in [9.17, 15) is 0 Å². The fourth-order valence-corrected chi connectivity index (χ4v) is 1.81. The lowest BCUT2D eigenvalue weighted by Gasteiger charge is -2.19. The van der Waals surface area contributed by atoms with Gasteiger partial charge in [-0.2, -0.15) is 0 Å². The van der Waals surface area contributed by atoms with E-state index in [0.29, 0.717) is 6.17 Å². The molecule has 0 aromatic rings. The highest BCUT2D eigenvalue weighted by Crippen LogP contribution is 2.12. The summed E-state index contributed by atoms with van der Waals surface area (Å²) in [6.07, 6.45) is 3.13. The molecule has 0 saturated carbocycles. The van der Waals surface area contributed by atoms with Gasteiger partial charge in [0, 0.05) is 12.6 Å². The van der Waals surface area contributed by atoms with E-state index in [1.165, 1.54) is 25.9 Å². The number of likely N-dealkylation sites (N-methyl/N-ethyl adjacent to an activating group) is 1. The second-order valence-electron chi connectivity index (χ2n) is 3.28. The minimum absolute atomic E-state index is 0.643. The van der Waals surface area contributed by atoms with E-state index in [2.05, 4.69) is 31.0 Å². The van der Waals surface area contributed by atoms with Crippen molar-refractivity contribution in [2.45, 2.75) is 45.8 Å². The smallest absolute Gasteiger partial charge is 0.0597 e. The molecule has 1 N–H and O–H groups in total. The molecule has 1 rings (SSSR count). The molecular formula is C9H20N2. The molecule has 0 bridgehead atoms. The van der Waals surface area contributed by atoms with Gasteiger partial charge in [-0.1, -0.05) is 20.8 Å². The third-order valence-corrected chi connectivity index (χ3v) is 2.61. The number of hydrogen-bond acceptors (Lipinski definition) is 2. The Hall–Kier alpha value is -0.0800. The Balaban J connectivity index is 2.41. The van der Waals surface area contributed by atoms with E-state index in [1.807, 2.05) is 0 Å². The molecule has 2 atom stereocenters. The number of rotatable bonds is 3. The molecule has 1 heterocycles. The van der Waals surface area contributed by atoms with Crippen LogP contribution in [0.25, 0.3) is 0 Å². The van der Waals surface area contributed by atoms with Gasteiger partial charge in [0.1, 0.15) is 0 Å². The van der Waals surface area contributed by atoms with Gasteiger partial charge in [0.15, 0.2) is 0 Å². The van der Waals surface area contributed by atoms with Crippen molar-refractivity contribution in [3.05, 3.63) is 0 Å². The van der Waals surface area contributed by atoms with Gasteiger partial charge in [-0.3, -0.25) is 10.2 Å². The van der Waals surface area contributed by atoms with E-state index in [-0.39, 0.29) is 0 Å². The van der Waals surface area contributed by atoms with E-state index in [1.54, 1.807) is 0 Å². The molecule has 1 aliphatic heterocycles. The molecule has 1 fully saturated rings. The van der Waals surface area contributed by atoms with Gasteiger partial charge >= 0.3 is 0 Å². The van der Waals surface area contributed by atoms with E-state index >= 15 is 0 Å². The minimum atomic E-state index is 0.643. The third-order valence-electron chi connectivity index (χ3n) is 2.61. The van der Waals surface area contributed by atoms with Gasteiger partial charge in [0.2, 0.25) is 0 Å². The summed E-state index contributed by atoms with van der Waals surface area (Å²) in [5.74, 6) is 0. The minimum Gasteiger partial charge on any atom is -0.298 e. The standard InChI is InChI=1S/C9H20N2/c1-4-8-7-11(6-3)9(5-2)10-8/h8-10H,4-7H2,1-3H3. The second-order valence-corrected chi connectivity index (χ2v) is 3.28. The highest BCUT2D eigenvalue weighted by Gasteiger charge is 2.26. The molecule has 0 aromatic heterocycles. The van der Waals surface area contributed by atoms with Crippen LogP contribution in [0.1, 0.15) is 33.6 Å². The van der Waals surface area contributed by atoms with Gasteiger partial charge in [-0.05, 0) is 19.4 Å². The quantitative estimate of drug-likeness (QED) is 0.665. The predicted molar refractivity (Wildman–Crippen MR) is 48.5 cm³/mol. The van der Waals surface area contributed by atoms with Crippen LogP contribution in [-0.2, 0) is 0 Å². The van der Waals surface area contributed by atoms with Gasteiger partial charge in [-0.15, -0.1) is 0 Å². The van der Waals surface area contributed by atoms with Crippen LogP contribution in [0.5, 0.6) is 0 Å². The predicted octanol–water partition coefficient (Wildman–Crippen LogP) is 1.43. The zero-order chi connectivity index (χ0) is 8.27. The van der Waals surface area contributed by atoms with Crippen molar-refractivity contribution in [2.75, 3.05) is 13.1 Å². The monoisotopic (exact) mass is 156 g/mol. The zero-order valence-electron chi connectivity index (χ0n) is 7.93. The van der Waals surface area contributed by atoms with Crippen LogP contribution in [-0.4, -0.2) is 30.2 Å². The van der Waals surface area contributed by atoms with Crippen molar-refractivity contribution in [2.24, 2.45) is 0 Å². The Kier molecular flexibility index (Phi) is 3.34. The fourth-order valence-electron chi connectivity index (χ4n) is 1.81. The molecule has 2 unspecified atom stereocenters. The molecule has 1 aliphatic rings. The van der Waals surface area contributed by atoms with Crippen molar-refractivity contribution in [1.29, 1.82) is 0 Å². The first-order valence-electron chi connectivity index (χ1n) is 4.81. The van der Waals surface area contributed by atoms with Crippen LogP contribution < -0.4 is 5.32 Å². The lowest BCUT2D eigenvalue weighted by molar-refractivity contribution is 0.248. The van der Waals surface area contributed by atoms with Crippen LogP contribution in [0.3, 0.4) is 0 Å². The molecule has 0 spiro atoms. The molecule has 11 heavy (non-hydrogen) atoms. The molecule has 0 amide bonds. The first kappa shape index (κ1) is 9.01. The number of nitrogens with zero attached hydrogens (tertiary/aromatic N) is 1. The topological polar surface area (TPSA) is 15.3 Å². The fraction of sp³-hybridized carbons (Fsp3) is 1.00. The summed E-state index contributed by atoms with van der Waals surface area (Å²) in [7, 11) is 0. The first-order chi connectivity index (χ1) is 5.31. The van der Waals surface area contributed by atoms with Gasteiger partial charge in [0.05, 0.1) is 6.17 Å². The van der Waals surface area contributed by atoms with Crippen LogP contribution in [0.2, 0.25) is 0 Å². The molecule has 0 aliphatic carbocycles. The number of hydrogen-bond donors (Lipinski definition) is 1. The van der Waals surface area contributed by atoms with Crippen LogP contribution in [0.15, 0.2) is 0 Å². The molecule has 2 heteroatoms. The Bertz CT molecular complexity index is 102. The maximum Gasteiger partial charge on any atom is 0.0597 e. The summed E-state index contributed by atoms with van der Waals surface area (Å²) >= 11 is 0. The number of nitrogens with one attached hydrogen (secondary N) is 1. The molecular weight excluding hydrogens is 136 g/mol. The largest absolute Gasteiger partial charge is 0.298 e. The summed E-state index contributed by atoms with van der Waals surface area (Å²) in [5, 5.41) is 3.62. The Morgan fingerprint density at radius 3 is 2.36 bits per heavy atom. The Labute approximate surface area is 70.0 Å². The summed E-state index contributed by atoms with van der Waals surface area (Å²) in [6, 6.07) is 0.736. The Morgan fingerprint density at radius 1 is 1.27 bits per heavy atom. The third kappa shape index (κ3) is 1.94. The first-order valence-corrected chi connectivity index (χ1v) is 4.81. The van der Waals surface area contributed by atoms with Gasteiger partial charge < -0.3 is 0 Å². The lowest BCUT2D eigenvalue weighted by Crippen LogP contribution is -2.35. The average molecular weight is 156 g/mol. The highest BCUT2D eigenvalue weighted by atomic mass is 15.3. The van der Waals surface area contributed by atoms with Gasteiger partial charge in [0.25, 0.3) is 0 Å². The molecule has 1 saturated heterocycles. The van der Waals surface area contributed by atoms with Gasteiger partial charge in [-0.25, -0.2) is 0 Å².